The molecule has 1 N–H and O–H groups in total. The molecule has 2 rings (SSSR count). The van der Waals surface area contributed by atoms with E-state index in [2.05, 4.69) is 24.4 Å². The molecule has 0 unspecified atom stereocenters. The lowest BCUT2D eigenvalue weighted by Gasteiger charge is -2.09. The summed E-state index contributed by atoms with van der Waals surface area (Å²) in [6.07, 6.45) is 3.48. The normalized spacial score (nSPS) is 10.1. The largest absolute Gasteiger partial charge is 0.381 e. The molecule has 0 fully saturated rings. The van der Waals surface area contributed by atoms with Crippen LogP contribution in [0.5, 0.6) is 0 Å². The summed E-state index contributed by atoms with van der Waals surface area (Å²) < 4.78 is 13.7. The minimum absolute atomic E-state index is 0.291. The summed E-state index contributed by atoms with van der Waals surface area (Å²) in [5.41, 5.74) is 3.25. The highest BCUT2D eigenvalue weighted by atomic mass is 19.1. The van der Waals surface area contributed by atoms with E-state index in [9.17, 15) is 4.39 Å². The zero-order valence-corrected chi connectivity index (χ0v) is 12.2. The number of unbranched alkanes of at least 4 members (excludes halogenated alkanes) is 1. The van der Waals surface area contributed by atoms with Crippen LogP contribution in [0.4, 0.5) is 10.1 Å². The van der Waals surface area contributed by atoms with E-state index in [0.717, 1.165) is 12.1 Å². The third-order valence-corrected chi connectivity index (χ3v) is 3.43. The van der Waals surface area contributed by atoms with Crippen LogP contribution >= 0.6 is 0 Å². The second-order valence-corrected chi connectivity index (χ2v) is 5.07. The van der Waals surface area contributed by atoms with Crippen LogP contribution in [0.25, 0.3) is 0 Å². The Hall–Kier alpha value is -2.34. The lowest BCUT2D eigenvalue weighted by atomic mass is 10.1. The van der Waals surface area contributed by atoms with Crippen LogP contribution in [-0.4, -0.2) is 0 Å². The Labute approximate surface area is 125 Å². The Morgan fingerprint density at radius 1 is 1.14 bits per heavy atom. The van der Waals surface area contributed by atoms with Gasteiger partial charge in [0.05, 0.1) is 11.6 Å². The summed E-state index contributed by atoms with van der Waals surface area (Å²) >= 11 is 0. The highest BCUT2D eigenvalue weighted by Crippen LogP contribution is 2.15. The summed E-state index contributed by atoms with van der Waals surface area (Å²) in [6, 6.07) is 14.6. The number of anilines is 1. The maximum Gasteiger partial charge on any atom is 0.128 e. The Bertz CT molecular complexity index is 627. The average molecular weight is 282 g/mol. The van der Waals surface area contributed by atoms with Crippen molar-refractivity contribution in [1.82, 2.24) is 0 Å². The first-order chi connectivity index (χ1) is 10.2. The maximum absolute atomic E-state index is 13.7. The van der Waals surface area contributed by atoms with Crippen molar-refractivity contribution >= 4 is 5.69 Å². The summed E-state index contributed by atoms with van der Waals surface area (Å²) in [7, 11) is 0. The van der Waals surface area contributed by atoms with Crippen LogP contribution in [0.15, 0.2) is 42.5 Å². The van der Waals surface area contributed by atoms with Gasteiger partial charge in [-0.25, -0.2) is 4.39 Å². The third kappa shape index (κ3) is 4.32. The van der Waals surface area contributed by atoms with Gasteiger partial charge in [-0.2, -0.15) is 5.26 Å². The topological polar surface area (TPSA) is 35.8 Å². The summed E-state index contributed by atoms with van der Waals surface area (Å²) in [4.78, 5) is 0. The Kier molecular flexibility index (Phi) is 5.34. The molecule has 0 aliphatic carbocycles. The van der Waals surface area contributed by atoms with E-state index in [1.54, 1.807) is 6.07 Å². The first-order valence-electron chi connectivity index (χ1n) is 7.24. The number of hydrogen-bond acceptors (Lipinski definition) is 2. The standard InChI is InChI=1S/C18H19FN2/c1-2-3-4-14-5-8-17(9-6-14)21-13-16-11-15(12-20)7-10-18(16)19/h5-11,21H,2-4,13H2,1H3. The third-order valence-electron chi connectivity index (χ3n) is 3.43. The summed E-state index contributed by atoms with van der Waals surface area (Å²) in [5.74, 6) is -0.291. The highest BCUT2D eigenvalue weighted by Gasteiger charge is 2.03. The van der Waals surface area contributed by atoms with Crippen LogP contribution in [0, 0.1) is 17.1 Å². The number of hydrogen-bond donors (Lipinski definition) is 1. The van der Waals surface area contributed by atoms with E-state index >= 15 is 0 Å². The number of rotatable bonds is 6. The summed E-state index contributed by atoms with van der Waals surface area (Å²) in [5, 5.41) is 12.0. The molecule has 0 heterocycles. The molecule has 0 radical (unpaired) electrons. The Balaban J connectivity index is 1.98. The molecule has 0 atom stereocenters. The van der Waals surface area contributed by atoms with Gasteiger partial charge in [-0.1, -0.05) is 25.5 Å². The molecule has 0 aromatic heterocycles. The first-order valence-corrected chi connectivity index (χ1v) is 7.24. The van der Waals surface area contributed by atoms with Crippen molar-refractivity contribution in [1.29, 1.82) is 5.26 Å². The minimum Gasteiger partial charge on any atom is -0.381 e. The molecule has 3 heteroatoms. The molecular weight excluding hydrogens is 263 g/mol. The molecule has 21 heavy (non-hydrogen) atoms. The molecule has 2 aromatic rings. The first kappa shape index (κ1) is 15.1. The van der Waals surface area contributed by atoms with Gasteiger partial charge in [0.25, 0.3) is 0 Å². The van der Waals surface area contributed by atoms with Crippen molar-refractivity contribution in [3.05, 3.63) is 65.0 Å². The van der Waals surface area contributed by atoms with E-state index in [0.29, 0.717) is 17.7 Å². The second kappa shape index (κ2) is 7.44. The minimum atomic E-state index is -0.291. The van der Waals surface area contributed by atoms with Gasteiger partial charge in [-0.3, -0.25) is 0 Å². The van der Waals surface area contributed by atoms with Crippen LogP contribution in [0.3, 0.4) is 0 Å². The quantitative estimate of drug-likeness (QED) is 0.837. The van der Waals surface area contributed by atoms with Crippen LogP contribution in [-0.2, 0) is 13.0 Å². The van der Waals surface area contributed by atoms with Crippen LogP contribution in [0.1, 0.15) is 36.5 Å². The zero-order valence-electron chi connectivity index (χ0n) is 12.2. The zero-order chi connectivity index (χ0) is 15.1. The van der Waals surface area contributed by atoms with E-state index < -0.39 is 0 Å². The molecule has 108 valence electrons. The van der Waals surface area contributed by atoms with Gasteiger partial charge in [0.15, 0.2) is 0 Å². The van der Waals surface area contributed by atoms with Crippen molar-refractivity contribution in [2.75, 3.05) is 5.32 Å². The molecule has 0 spiro atoms. The molecular formula is C18H19FN2. The number of halogens is 1. The van der Waals surface area contributed by atoms with Gasteiger partial charge in [0.1, 0.15) is 5.82 Å². The van der Waals surface area contributed by atoms with Crippen molar-refractivity contribution in [3.63, 3.8) is 0 Å². The van der Waals surface area contributed by atoms with Crippen LogP contribution < -0.4 is 5.32 Å². The van der Waals surface area contributed by atoms with E-state index in [1.807, 2.05) is 18.2 Å². The number of nitrogens with one attached hydrogen (secondary N) is 1. The molecule has 2 nitrogen and oxygen atoms in total. The van der Waals surface area contributed by atoms with Gasteiger partial charge < -0.3 is 5.32 Å². The highest BCUT2D eigenvalue weighted by molar-refractivity contribution is 5.46. The Morgan fingerprint density at radius 2 is 1.90 bits per heavy atom. The lowest BCUT2D eigenvalue weighted by Crippen LogP contribution is -2.02. The van der Waals surface area contributed by atoms with Gasteiger partial charge in [-0.15, -0.1) is 0 Å². The number of nitrogens with zero attached hydrogens (tertiary/aromatic N) is 1. The number of nitriles is 1. The molecule has 2 aromatic carbocycles. The second-order valence-electron chi connectivity index (χ2n) is 5.07. The predicted octanol–water partition coefficient (Wildman–Crippen LogP) is 4.65. The number of aryl methyl sites for hydroxylation is 1. The van der Waals surface area contributed by atoms with E-state index in [4.69, 9.17) is 5.26 Å². The molecule has 0 amide bonds. The average Bonchev–Trinajstić information content (AvgIpc) is 2.53. The predicted molar refractivity (Wildman–Crippen MR) is 83.5 cm³/mol. The molecule has 0 saturated carbocycles. The molecule has 0 bridgehead atoms. The van der Waals surface area contributed by atoms with E-state index in [1.165, 1.54) is 30.5 Å². The fourth-order valence-electron chi connectivity index (χ4n) is 2.15. The van der Waals surface area contributed by atoms with E-state index in [-0.39, 0.29) is 5.82 Å². The fraction of sp³-hybridized carbons (Fsp3) is 0.278. The van der Waals surface area contributed by atoms with Crippen LogP contribution in [0.2, 0.25) is 0 Å². The SMILES string of the molecule is CCCCc1ccc(NCc2cc(C#N)ccc2F)cc1. The molecule has 0 aliphatic rings. The van der Waals surface area contributed by atoms with Crippen molar-refractivity contribution in [2.24, 2.45) is 0 Å². The molecule has 0 aliphatic heterocycles. The smallest absolute Gasteiger partial charge is 0.128 e. The van der Waals surface area contributed by atoms with Gasteiger partial charge in [-0.05, 0) is 48.7 Å². The molecule has 0 saturated heterocycles. The fourth-order valence-corrected chi connectivity index (χ4v) is 2.15. The van der Waals surface area contributed by atoms with Crippen molar-refractivity contribution in [3.8, 4) is 6.07 Å². The van der Waals surface area contributed by atoms with Gasteiger partial charge >= 0.3 is 0 Å². The lowest BCUT2D eigenvalue weighted by molar-refractivity contribution is 0.612. The van der Waals surface area contributed by atoms with Crippen molar-refractivity contribution in [2.45, 2.75) is 32.7 Å². The van der Waals surface area contributed by atoms with Gasteiger partial charge in [0.2, 0.25) is 0 Å². The summed E-state index contributed by atoms with van der Waals surface area (Å²) in [6.45, 7) is 2.55. The van der Waals surface area contributed by atoms with Crippen molar-refractivity contribution < 1.29 is 4.39 Å². The monoisotopic (exact) mass is 282 g/mol. The Morgan fingerprint density at radius 3 is 2.57 bits per heavy atom. The number of benzene rings is 2. The van der Waals surface area contributed by atoms with Gasteiger partial charge in [0, 0.05) is 17.8 Å². The maximum atomic E-state index is 13.7.